The summed E-state index contributed by atoms with van der Waals surface area (Å²) in [6.45, 7) is 3.68. The van der Waals surface area contributed by atoms with Crippen LogP contribution in [-0.4, -0.2) is 43.0 Å². The van der Waals surface area contributed by atoms with Gasteiger partial charge in [-0.15, -0.1) is 0 Å². The highest BCUT2D eigenvalue weighted by atomic mass is 16.2. The molecule has 0 bridgehead atoms. The summed E-state index contributed by atoms with van der Waals surface area (Å²) in [5.74, 6) is 0.374. The number of anilines is 1. The van der Waals surface area contributed by atoms with Crippen LogP contribution in [0.25, 0.3) is 0 Å². The van der Waals surface area contributed by atoms with Crippen LogP contribution in [0.2, 0.25) is 0 Å². The molecule has 1 aliphatic rings. The van der Waals surface area contributed by atoms with Gasteiger partial charge in [-0.25, -0.2) is 4.98 Å². The van der Waals surface area contributed by atoms with E-state index in [1.165, 1.54) is 13.5 Å². The van der Waals surface area contributed by atoms with Crippen LogP contribution in [0.3, 0.4) is 0 Å². The van der Waals surface area contributed by atoms with Gasteiger partial charge in [0.05, 0.1) is 5.56 Å². The summed E-state index contributed by atoms with van der Waals surface area (Å²) in [5.41, 5.74) is 0.458. The topological polar surface area (TPSA) is 74.3 Å². The van der Waals surface area contributed by atoms with E-state index in [9.17, 15) is 9.59 Å². The minimum absolute atomic E-state index is 0.224. The molecule has 102 valence electrons. The fraction of sp³-hybridized carbons (Fsp3) is 0.462. The molecule has 1 atom stereocenters. The second-order valence-corrected chi connectivity index (χ2v) is 4.56. The lowest BCUT2D eigenvalue weighted by molar-refractivity contribution is -0.122. The highest BCUT2D eigenvalue weighted by molar-refractivity contribution is 5.97. The molecule has 1 aliphatic heterocycles. The molecule has 1 fully saturated rings. The zero-order valence-electron chi connectivity index (χ0n) is 11.1. The summed E-state index contributed by atoms with van der Waals surface area (Å²) in [6, 6.07) is 3.00. The van der Waals surface area contributed by atoms with Gasteiger partial charge in [-0.3, -0.25) is 9.59 Å². The zero-order chi connectivity index (χ0) is 13.8. The minimum Gasteiger partial charge on any atom is -0.357 e. The Bertz CT molecular complexity index is 468. The molecule has 0 aliphatic carbocycles. The number of nitrogens with one attached hydrogen (secondary N) is 2. The van der Waals surface area contributed by atoms with E-state index in [2.05, 4.69) is 20.5 Å². The highest BCUT2D eigenvalue weighted by Gasteiger charge is 2.18. The lowest BCUT2D eigenvalue weighted by atomic mass is 10.2. The molecule has 2 heterocycles. The number of hydrogen-bond acceptors (Lipinski definition) is 4. The third-order valence-corrected chi connectivity index (χ3v) is 3.18. The molecule has 0 spiro atoms. The average molecular weight is 262 g/mol. The van der Waals surface area contributed by atoms with Gasteiger partial charge in [-0.2, -0.15) is 0 Å². The van der Waals surface area contributed by atoms with Crippen molar-refractivity contribution in [2.24, 2.45) is 0 Å². The van der Waals surface area contributed by atoms with Gasteiger partial charge in [0.1, 0.15) is 11.9 Å². The maximum Gasteiger partial charge on any atom is 0.253 e. The summed E-state index contributed by atoms with van der Waals surface area (Å²) in [7, 11) is 1.54. The number of hydrogen-bond donors (Lipinski definition) is 2. The largest absolute Gasteiger partial charge is 0.357 e. The fourth-order valence-electron chi connectivity index (χ4n) is 1.81. The number of carbonyl (C=O) groups excluding carboxylic acids is 2. The van der Waals surface area contributed by atoms with Crippen LogP contribution < -0.4 is 15.5 Å². The first-order valence-electron chi connectivity index (χ1n) is 6.35. The van der Waals surface area contributed by atoms with Crippen molar-refractivity contribution >= 4 is 17.6 Å². The first-order valence-corrected chi connectivity index (χ1v) is 6.35. The molecular weight excluding hydrogens is 244 g/mol. The maximum atomic E-state index is 11.9. The maximum absolute atomic E-state index is 11.9. The average Bonchev–Trinajstić information content (AvgIpc) is 2.36. The van der Waals surface area contributed by atoms with Crippen LogP contribution in [0.1, 0.15) is 23.7 Å². The molecule has 6 heteroatoms. The predicted molar refractivity (Wildman–Crippen MR) is 72.1 cm³/mol. The van der Waals surface area contributed by atoms with E-state index in [1.54, 1.807) is 19.2 Å². The summed E-state index contributed by atoms with van der Waals surface area (Å²) in [5, 5.41) is 5.10. The molecule has 0 saturated carbocycles. The molecular formula is C13H18N4O2. The van der Waals surface area contributed by atoms with Crippen LogP contribution in [0, 0.1) is 0 Å². The Hall–Kier alpha value is -2.11. The Kier molecular flexibility index (Phi) is 3.99. The van der Waals surface area contributed by atoms with Gasteiger partial charge >= 0.3 is 0 Å². The Morgan fingerprint density at radius 3 is 2.58 bits per heavy atom. The molecule has 1 saturated heterocycles. The second kappa shape index (κ2) is 5.69. The van der Waals surface area contributed by atoms with Gasteiger partial charge in [0.25, 0.3) is 5.91 Å². The summed E-state index contributed by atoms with van der Waals surface area (Å²) >= 11 is 0. The third kappa shape index (κ3) is 3.01. The van der Waals surface area contributed by atoms with E-state index in [-0.39, 0.29) is 11.8 Å². The van der Waals surface area contributed by atoms with Crippen LogP contribution in [-0.2, 0) is 4.79 Å². The summed E-state index contributed by atoms with van der Waals surface area (Å²) in [6.07, 6.45) is 2.73. The van der Waals surface area contributed by atoms with E-state index in [1.807, 2.05) is 6.07 Å². The molecule has 1 unspecified atom stereocenters. The van der Waals surface area contributed by atoms with Gasteiger partial charge in [-0.1, -0.05) is 0 Å². The summed E-state index contributed by atoms with van der Waals surface area (Å²) in [4.78, 5) is 29.6. The first kappa shape index (κ1) is 13.3. The van der Waals surface area contributed by atoms with Gasteiger partial charge < -0.3 is 15.5 Å². The van der Waals surface area contributed by atoms with Crippen molar-refractivity contribution in [3.8, 4) is 0 Å². The number of likely N-dealkylation sites (N-methyl/N-ethyl adjacent to an activating group) is 1. The quantitative estimate of drug-likeness (QED) is 0.810. The normalized spacial score (nSPS) is 15.4. The molecule has 0 aromatic carbocycles. The highest BCUT2D eigenvalue weighted by Crippen LogP contribution is 2.17. The molecule has 0 radical (unpaired) electrons. The minimum atomic E-state index is -0.562. The van der Waals surface area contributed by atoms with Crippen molar-refractivity contribution in [1.29, 1.82) is 0 Å². The van der Waals surface area contributed by atoms with Crippen molar-refractivity contribution < 1.29 is 9.59 Å². The molecule has 6 nitrogen and oxygen atoms in total. The first-order chi connectivity index (χ1) is 9.11. The number of rotatable bonds is 4. The number of carbonyl (C=O) groups is 2. The lowest BCUT2D eigenvalue weighted by Gasteiger charge is -2.31. The molecule has 1 aromatic rings. The van der Waals surface area contributed by atoms with Crippen LogP contribution in [0.5, 0.6) is 0 Å². The molecule has 1 aromatic heterocycles. The predicted octanol–water partition coefficient (Wildman–Crippen LogP) is 0.156. The monoisotopic (exact) mass is 262 g/mol. The van der Waals surface area contributed by atoms with Gasteiger partial charge in [0, 0.05) is 26.3 Å². The number of amides is 2. The van der Waals surface area contributed by atoms with E-state index in [0.717, 1.165) is 18.9 Å². The standard InChI is InChI=1S/C13H18N4O2/c1-9(12(18)14-2)16-13(19)10-4-5-11(15-8-10)17-6-3-7-17/h4-5,8-9H,3,6-7H2,1-2H3,(H,14,18)(H,16,19). The van der Waals surface area contributed by atoms with E-state index >= 15 is 0 Å². The van der Waals surface area contributed by atoms with E-state index in [0.29, 0.717) is 5.56 Å². The smallest absolute Gasteiger partial charge is 0.253 e. The SMILES string of the molecule is CNC(=O)C(C)NC(=O)c1ccc(N2CCC2)nc1. The van der Waals surface area contributed by atoms with E-state index < -0.39 is 6.04 Å². The van der Waals surface area contributed by atoms with Gasteiger partial charge in [-0.05, 0) is 25.5 Å². The van der Waals surface area contributed by atoms with Crippen LogP contribution in [0.4, 0.5) is 5.82 Å². The molecule has 2 N–H and O–H groups in total. The Labute approximate surface area is 112 Å². The van der Waals surface area contributed by atoms with Gasteiger partial charge in [0.15, 0.2) is 0 Å². The second-order valence-electron chi connectivity index (χ2n) is 4.56. The Morgan fingerprint density at radius 2 is 2.11 bits per heavy atom. The van der Waals surface area contributed by atoms with Crippen molar-refractivity contribution in [2.45, 2.75) is 19.4 Å². The third-order valence-electron chi connectivity index (χ3n) is 3.18. The Morgan fingerprint density at radius 1 is 1.37 bits per heavy atom. The van der Waals surface area contributed by atoms with Crippen molar-refractivity contribution in [3.05, 3.63) is 23.9 Å². The zero-order valence-corrected chi connectivity index (χ0v) is 11.1. The fourth-order valence-corrected chi connectivity index (χ4v) is 1.81. The van der Waals surface area contributed by atoms with Crippen molar-refractivity contribution in [1.82, 2.24) is 15.6 Å². The lowest BCUT2D eigenvalue weighted by Crippen LogP contribution is -2.43. The van der Waals surface area contributed by atoms with E-state index in [4.69, 9.17) is 0 Å². The summed E-state index contributed by atoms with van der Waals surface area (Å²) < 4.78 is 0. The number of aromatic nitrogens is 1. The van der Waals surface area contributed by atoms with Gasteiger partial charge in [0.2, 0.25) is 5.91 Å². The molecule has 2 rings (SSSR count). The van der Waals surface area contributed by atoms with Crippen LogP contribution >= 0.6 is 0 Å². The number of pyridine rings is 1. The molecule has 19 heavy (non-hydrogen) atoms. The Balaban J connectivity index is 1.97. The number of nitrogens with zero attached hydrogens (tertiary/aromatic N) is 2. The van der Waals surface area contributed by atoms with Crippen LogP contribution in [0.15, 0.2) is 18.3 Å². The van der Waals surface area contributed by atoms with Crippen molar-refractivity contribution in [3.63, 3.8) is 0 Å². The molecule has 2 amide bonds. The van der Waals surface area contributed by atoms with Crippen molar-refractivity contribution in [2.75, 3.05) is 25.0 Å².